The Labute approximate surface area is 237 Å². The van der Waals surface area contributed by atoms with Crippen molar-refractivity contribution < 1.29 is 14.6 Å². The van der Waals surface area contributed by atoms with Gasteiger partial charge in [-0.2, -0.15) is 0 Å². The Kier molecular flexibility index (Phi) is 7.95. The van der Waals surface area contributed by atoms with Crippen LogP contribution in [0.5, 0.6) is 11.5 Å². The minimum Gasteiger partial charge on any atom is -0.508 e. The van der Waals surface area contributed by atoms with Crippen molar-refractivity contribution >= 4 is 5.91 Å². The Morgan fingerprint density at radius 3 is 2.05 bits per heavy atom. The number of hydrogen-bond acceptors (Lipinski definition) is 4. The summed E-state index contributed by atoms with van der Waals surface area (Å²) in [5.74, 6) is 0.749. The molecule has 0 unspecified atom stereocenters. The zero-order chi connectivity index (χ0) is 28.2. The van der Waals surface area contributed by atoms with Gasteiger partial charge in [0.15, 0.2) is 0 Å². The van der Waals surface area contributed by atoms with Gasteiger partial charge >= 0.3 is 0 Å². The maximum absolute atomic E-state index is 13.2. The fourth-order valence-corrected chi connectivity index (χ4v) is 5.96. The molecule has 206 valence electrons. The normalized spacial score (nSPS) is 16.1. The van der Waals surface area contributed by atoms with E-state index in [0.29, 0.717) is 6.42 Å². The van der Waals surface area contributed by atoms with Gasteiger partial charge in [-0.25, -0.2) is 0 Å². The van der Waals surface area contributed by atoms with Crippen LogP contribution in [0.25, 0.3) is 11.1 Å². The van der Waals surface area contributed by atoms with Gasteiger partial charge in [0.05, 0.1) is 5.41 Å². The van der Waals surface area contributed by atoms with E-state index in [0.717, 1.165) is 53.9 Å². The van der Waals surface area contributed by atoms with Crippen LogP contribution >= 0.6 is 0 Å². The standard InChI is InChI=1S/C35H38N2O3/c1-34(2,20-21-35(33(36)39,28-13-5-3-6-14-28)29-15-7-4-8-16-29)37-22-19-32(25-37)40-31-18-10-12-27(24-31)26-11-9-17-30(38)23-26/h3-18,23-24,32,38H,19-22,25H2,1-2H3,(H2,36,39)/t32-/m0/s1. The van der Waals surface area contributed by atoms with Crippen molar-refractivity contribution in [2.45, 2.75) is 50.2 Å². The summed E-state index contributed by atoms with van der Waals surface area (Å²) in [5.41, 5.74) is 8.96. The molecule has 1 saturated heterocycles. The summed E-state index contributed by atoms with van der Waals surface area (Å²) >= 11 is 0. The summed E-state index contributed by atoms with van der Waals surface area (Å²) in [4.78, 5) is 15.7. The molecule has 40 heavy (non-hydrogen) atoms. The Morgan fingerprint density at radius 2 is 1.45 bits per heavy atom. The number of likely N-dealkylation sites (tertiary alicyclic amines) is 1. The van der Waals surface area contributed by atoms with Gasteiger partial charge in [-0.15, -0.1) is 0 Å². The first-order chi connectivity index (χ1) is 19.3. The number of benzene rings is 4. The number of primary amides is 1. The maximum atomic E-state index is 13.2. The van der Waals surface area contributed by atoms with E-state index in [1.54, 1.807) is 12.1 Å². The summed E-state index contributed by atoms with van der Waals surface area (Å²) in [6, 6.07) is 35.1. The van der Waals surface area contributed by atoms with Gasteiger partial charge in [-0.05, 0) is 79.6 Å². The number of phenols is 1. The molecule has 4 aromatic carbocycles. The SMILES string of the molecule is CC(C)(CCC(C(N)=O)(c1ccccc1)c1ccccc1)N1CC[C@H](Oc2cccc(-c3cccc(O)c3)c2)C1. The van der Waals surface area contributed by atoms with E-state index in [2.05, 4.69) is 18.7 Å². The third-order valence-electron chi connectivity index (χ3n) is 8.38. The van der Waals surface area contributed by atoms with Gasteiger partial charge in [-0.3, -0.25) is 9.69 Å². The largest absolute Gasteiger partial charge is 0.508 e. The van der Waals surface area contributed by atoms with Gasteiger partial charge in [0.2, 0.25) is 5.91 Å². The second kappa shape index (κ2) is 11.6. The first kappa shape index (κ1) is 27.5. The van der Waals surface area contributed by atoms with Gasteiger partial charge < -0.3 is 15.6 Å². The highest BCUT2D eigenvalue weighted by atomic mass is 16.5. The number of ether oxygens (including phenoxy) is 1. The van der Waals surface area contributed by atoms with Crippen LogP contribution in [0.15, 0.2) is 109 Å². The molecule has 1 aliphatic rings. The highest BCUT2D eigenvalue weighted by Gasteiger charge is 2.43. The molecule has 1 atom stereocenters. The topological polar surface area (TPSA) is 75.8 Å². The van der Waals surface area contributed by atoms with Crippen LogP contribution in [0.3, 0.4) is 0 Å². The first-order valence-corrected chi connectivity index (χ1v) is 14.0. The van der Waals surface area contributed by atoms with Crippen molar-refractivity contribution in [1.29, 1.82) is 0 Å². The Hall–Kier alpha value is -4.09. The molecule has 1 fully saturated rings. The van der Waals surface area contributed by atoms with Gasteiger partial charge in [0.25, 0.3) is 0 Å². The minimum atomic E-state index is -0.901. The van der Waals surface area contributed by atoms with Crippen LogP contribution in [0, 0.1) is 0 Å². The third-order valence-corrected chi connectivity index (χ3v) is 8.38. The molecule has 0 aromatic heterocycles. The molecule has 5 heteroatoms. The Morgan fingerprint density at radius 1 is 0.850 bits per heavy atom. The lowest BCUT2D eigenvalue weighted by Gasteiger charge is -2.40. The van der Waals surface area contributed by atoms with E-state index >= 15 is 0 Å². The maximum Gasteiger partial charge on any atom is 0.232 e. The van der Waals surface area contributed by atoms with Crippen molar-refractivity contribution in [3.8, 4) is 22.6 Å². The predicted molar refractivity (Wildman–Crippen MR) is 160 cm³/mol. The lowest BCUT2D eigenvalue weighted by molar-refractivity contribution is -0.122. The average Bonchev–Trinajstić information content (AvgIpc) is 3.44. The molecule has 1 aliphatic heterocycles. The number of nitrogens with two attached hydrogens (primary N) is 1. The van der Waals surface area contributed by atoms with Crippen LogP contribution in [-0.2, 0) is 10.2 Å². The van der Waals surface area contributed by atoms with E-state index in [9.17, 15) is 9.90 Å². The summed E-state index contributed by atoms with van der Waals surface area (Å²) in [6.45, 7) is 6.23. The monoisotopic (exact) mass is 534 g/mol. The lowest BCUT2D eigenvalue weighted by Crippen LogP contribution is -2.47. The molecule has 0 saturated carbocycles. The number of carbonyl (C=O) groups is 1. The molecular weight excluding hydrogens is 496 g/mol. The van der Waals surface area contributed by atoms with Crippen LogP contribution in [-0.4, -0.2) is 40.6 Å². The number of rotatable bonds is 10. The van der Waals surface area contributed by atoms with Crippen molar-refractivity contribution in [2.24, 2.45) is 5.73 Å². The second-order valence-corrected chi connectivity index (χ2v) is 11.4. The smallest absolute Gasteiger partial charge is 0.232 e. The van der Waals surface area contributed by atoms with Crippen LogP contribution < -0.4 is 10.5 Å². The number of amides is 1. The van der Waals surface area contributed by atoms with E-state index in [1.807, 2.05) is 97.1 Å². The van der Waals surface area contributed by atoms with Crippen molar-refractivity contribution in [1.82, 2.24) is 4.90 Å². The molecule has 5 nitrogen and oxygen atoms in total. The summed E-state index contributed by atoms with van der Waals surface area (Å²) in [7, 11) is 0. The fraction of sp³-hybridized carbons (Fsp3) is 0.286. The van der Waals surface area contributed by atoms with Crippen molar-refractivity contribution in [3.05, 3.63) is 120 Å². The molecule has 4 aromatic rings. The van der Waals surface area contributed by atoms with Crippen molar-refractivity contribution in [2.75, 3.05) is 13.1 Å². The van der Waals surface area contributed by atoms with Crippen LogP contribution in [0.1, 0.15) is 44.2 Å². The molecular formula is C35H38N2O3. The van der Waals surface area contributed by atoms with Gasteiger partial charge in [0, 0.05) is 18.6 Å². The van der Waals surface area contributed by atoms with Gasteiger partial charge in [0.1, 0.15) is 17.6 Å². The summed E-state index contributed by atoms with van der Waals surface area (Å²) in [5, 5.41) is 9.87. The number of hydrogen-bond donors (Lipinski definition) is 2. The van der Waals surface area contributed by atoms with E-state index in [1.165, 1.54) is 0 Å². The Balaban J connectivity index is 1.30. The van der Waals surface area contributed by atoms with Crippen molar-refractivity contribution in [3.63, 3.8) is 0 Å². The molecule has 0 bridgehead atoms. The highest BCUT2D eigenvalue weighted by molar-refractivity contribution is 5.90. The predicted octanol–water partition coefficient (Wildman–Crippen LogP) is 6.54. The summed E-state index contributed by atoms with van der Waals surface area (Å²) in [6.07, 6.45) is 2.40. The molecule has 1 amide bonds. The number of nitrogens with zero attached hydrogens (tertiary/aromatic N) is 1. The zero-order valence-corrected chi connectivity index (χ0v) is 23.3. The van der Waals surface area contributed by atoms with Crippen LogP contribution in [0.2, 0.25) is 0 Å². The quantitative estimate of drug-likeness (QED) is 0.242. The molecule has 1 heterocycles. The molecule has 0 aliphatic carbocycles. The highest BCUT2D eigenvalue weighted by Crippen LogP contribution is 2.40. The number of carbonyl (C=O) groups excluding carboxylic acids is 1. The third kappa shape index (κ3) is 5.75. The summed E-state index contributed by atoms with van der Waals surface area (Å²) < 4.78 is 6.44. The zero-order valence-electron chi connectivity index (χ0n) is 23.3. The number of phenolic OH excluding ortho intramolecular Hbond substituents is 1. The fourth-order valence-electron chi connectivity index (χ4n) is 5.96. The lowest BCUT2D eigenvalue weighted by atomic mass is 9.69. The second-order valence-electron chi connectivity index (χ2n) is 11.4. The number of aromatic hydroxyl groups is 1. The van der Waals surface area contributed by atoms with E-state index < -0.39 is 5.41 Å². The average molecular weight is 535 g/mol. The molecule has 0 spiro atoms. The molecule has 3 N–H and O–H groups in total. The van der Waals surface area contributed by atoms with E-state index in [-0.39, 0.29) is 23.3 Å². The first-order valence-electron chi connectivity index (χ1n) is 14.0. The van der Waals surface area contributed by atoms with E-state index in [4.69, 9.17) is 10.5 Å². The van der Waals surface area contributed by atoms with Gasteiger partial charge in [-0.1, -0.05) is 84.9 Å². The Bertz CT molecular complexity index is 1400. The molecule has 5 rings (SSSR count). The molecule has 0 radical (unpaired) electrons. The minimum absolute atomic E-state index is 0.0721. The van der Waals surface area contributed by atoms with Crippen LogP contribution in [0.4, 0.5) is 0 Å².